The van der Waals surface area contributed by atoms with E-state index in [1.807, 2.05) is 25.3 Å². The summed E-state index contributed by atoms with van der Waals surface area (Å²) >= 11 is 0. The van der Waals surface area contributed by atoms with Crippen LogP contribution in [-0.4, -0.2) is 51.4 Å². The number of benzene rings is 2. The van der Waals surface area contributed by atoms with E-state index in [9.17, 15) is 4.79 Å². The molecule has 3 heterocycles. The lowest BCUT2D eigenvalue weighted by Gasteiger charge is -2.36. The van der Waals surface area contributed by atoms with Crippen LogP contribution in [0.3, 0.4) is 0 Å². The van der Waals surface area contributed by atoms with Gasteiger partial charge in [-0.2, -0.15) is 4.98 Å². The molecule has 4 aromatic rings. The molecule has 39 heavy (non-hydrogen) atoms. The van der Waals surface area contributed by atoms with Crippen molar-refractivity contribution >= 4 is 17.5 Å². The van der Waals surface area contributed by atoms with Gasteiger partial charge in [-0.1, -0.05) is 24.3 Å². The molecule has 2 aromatic carbocycles. The summed E-state index contributed by atoms with van der Waals surface area (Å²) in [5.41, 5.74) is 17.9. The third-order valence-electron chi connectivity index (χ3n) is 6.98. The van der Waals surface area contributed by atoms with E-state index in [1.165, 1.54) is 25.3 Å². The maximum absolute atomic E-state index is 13.6. The maximum atomic E-state index is 13.6. The number of rotatable bonds is 8. The number of nitrogens with two attached hydrogens (primary N) is 2. The predicted octanol–water partition coefficient (Wildman–Crippen LogP) is 3.62. The molecule has 1 unspecified atom stereocenters. The molecule has 0 saturated carbocycles. The molecular weight excluding hydrogens is 494 g/mol. The van der Waals surface area contributed by atoms with Gasteiger partial charge < -0.3 is 30.8 Å². The number of fused-ring (bicyclic) bond motifs is 1. The lowest BCUT2D eigenvalue weighted by molar-refractivity contribution is 0.104. The van der Waals surface area contributed by atoms with Crippen LogP contribution in [-0.2, 0) is 12.8 Å². The number of anilines is 2. The van der Waals surface area contributed by atoms with Gasteiger partial charge in [-0.25, -0.2) is 9.97 Å². The van der Waals surface area contributed by atoms with Gasteiger partial charge in [-0.3, -0.25) is 4.79 Å². The largest absolute Gasteiger partial charge is 0.493 e. The van der Waals surface area contributed by atoms with Gasteiger partial charge in [0.1, 0.15) is 5.82 Å². The van der Waals surface area contributed by atoms with Crippen molar-refractivity contribution in [2.45, 2.75) is 25.8 Å². The Balaban J connectivity index is 1.48. The van der Waals surface area contributed by atoms with Gasteiger partial charge in [-0.15, -0.1) is 0 Å². The first-order valence-electron chi connectivity index (χ1n) is 12.6. The highest BCUT2D eigenvalue weighted by Crippen LogP contribution is 2.37. The number of nitrogen functional groups attached to an aromatic ring is 2. The Bertz CT molecular complexity index is 1550. The highest BCUT2D eigenvalue weighted by Gasteiger charge is 2.29. The van der Waals surface area contributed by atoms with Crippen molar-refractivity contribution in [2.75, 3.05) is 32.2 Å². The Hall–Kier alpha value is -4.86. The minimum Gasteiger partial charge on any atom is -0.493 e. The predicted molar refractivity (Wildman–Crippen MR) is 149 cm³/mol. The zero-order valence-corrected chi connectivity index (χ0v) is 22.1. The second-order valence-electron chi connectivity index (χ2n) is 9.38. The molecule has 0 spiro atoms. The molecule has 0 aliphatic carbocycles. The van der Waals surface area contributed by atoms with Gasteiger partial charge >= 0.3 is 0 Å². The van der Waals surface area contributed by atoms with Crippen molar-refractivity contribution < 1.29 is 14.3 Å². The number of hydrogen-bond donors (Lipinski definition) is 3. The standard InChI is InChI=1S/C29H31N7O3/c1-17-25(34-16-33-17)26-21-7-5-4-6-19(21)8-10-36(26)11-9-23(37)22-13-18(14-24(38-2)27(22)39-3)12-20-15-32-29(31)35-28(20)30/h4-7,9,11,13-16,26H,8,10,12H2,1-3H3,(H,33,34)(H4,30,31,32,35)/b11-9+. The maximum Gasteiger partial charge on any atom is 0.221 e. The van der Waals surface area contributed by atoms with Crippen LogP contribution in [0.2, 0.25) is 0 Å². The van der Waals surface area contributed by atoms with E-state index in [-0.39, 0.29) is 23.6 Å². The number of imidazole rings is 1. The third kappa shape index (κ3) is 5.13. The van der Waals surface area contributed by atoms with Crippen LogP contribution in [0.25, 0.3) is 0 Å². The molecule has 0 radical (unpaired) electrons. The van der Waals surface area contributed by atoms with E-state index >= 15 is 0 Å². The average Bonchev–Trinajstić information content (AvgIpc) is 3.37. The van der Waals surface area contributed by atoms with Crippen molar-refractivity contribution in [3.8, 4) is 11.5 Å². The molecule has 5 N–H and O–H groups in total. The second-order valence-corrected chi connectivity index (χ2v) is 9.38. The Morgan fingerprint density at radius 2 is 2.00 bits per heavy atom. The number of carbonyl (C=O) groups excluding carboxylic acids is 1. The fraction of sp³-hybridized carbons (Fsp3) is 0.241. The van der Waals surface area contributed by atoms with E-state index in [4.69, 9.17) is 20.9 Å². The molecule has 1 atom stereocenters. The number of ether oxygens (including phenoxy) is 2. The normalized spacial score (nSPS) is 14.8. The van der Waals surface area contributed by atoms with E-state index in [0.29, 0.717) is 29.0 Å². The van der Waals surface area contributed by atoms with Gasteiger partial charge in [0.05, 0.1) is 37.8 Å². The van der Waals surface area contributed by atoms with Crippen molar-refractivity contribution in [3.05, 3.63) is 100 Å². The number of nitrogens with zero attached hydrogens (tertiary/aromatic N) is 4. The Labute approximate surface area is 226 Å². The number of nitrogens with one attached hydrogen (secondary N) is 1. The fourth-order valence-corrected chi connectivity index (χ4v) is 5.05. The molecule has 1 aliphatic heterocycles. The highest BCUT2D eigenvalue weighted by molar-refractivity contribution is 6.07. The van der Waals surface area contributed by atoms with E-state index in [0.717, 1.165) is 29.9 Å². The van der Waals surface area contributed by atoms with Gasteiger partial charge in [-0.05, 0) is 42.2 Å². The number of aromatic nitrogens is 4. The lowest BCUT2D eigenvalue weighted by atomic mass is 9.90. The first-order valence-corrected chi connectivity index (χ1v) is 12.6. The van der Waals surface area contributed by atoms with Gasteiger partial charge in [0.2, 0.25) is 5.95 Å². The second kappa shape index (κ2) is 10.9. The average molecular weight is 526 g/mol. The zero-order valence-electron chi connectivity index (χ0n) is 22.1. The first kappa shape index (κ1) is 25.8. The minimum atomic E-state index is -0.218. The van der Waals surface area contributed by atoms with Crippen LogP contribution in [0.15, 0.2) is 61.2 Å². The van der Waals surface area contributed by atoms with Crippen LogP contribution in [0.4, 0.5) is 11.8 Å². The summed E-state index contributed by atoms with van der Waals surface area (Å²) in [5, 5.41) is 0. The van der Waals surface area contributed by atoms with Gasteiger partial charge in [0, 0.05) is 42.7 Å². The van der Waals surface area contributed by atoms with Gasteiger partial charge in [0.15, 0.2) is 17.3 Å². The summed E-state index contributed by atoms with van der Waals surface area (Å²) < 4.78 is 11.2. The molecule has 10 nitrogen and oxygen atoms in total. The monoisotopic (exact) mass is 525 g/mol. The molecule has 1 aliphatic rings. The van der Waals surface area contributed by atoms with E-state index in [1.54, 1.807) is 24.7 Å². The molecule has 5 rings (SSSR count). The summed E-state index contributed by atoms with van der Waals surface area (Å²) in [6, 6.07) is 11.9. The number of aryl methyl sites for hydroxylation is 1. The van der Waals surface area contributed by atoms with E-state index < -0.39 is 0 Å². The third-order valence-corrected chi connectivity index (χ3v) is 6.98. The summed E-state index contributed by atoms with van der Waals surface area (Å²) in [5.74, 6) is 0.980. The summed E-state index contributed by atoms with van der Waals surface area (Å²) in [7, 11) is 3.05. The zero-order chi connectivity index (χ0) is 27.5. The molecule has 0 bridgehead atoms. The van der Waals surface area contributed by atoms with Crippen molar-refractivity contribution in [1.29, 1.82) is 0 Å². The number of allylic oxidation sites excluding steroid dienone is 1. The summed E-state index contributed by atoms with van der Waals surface area (Å²) in [6.45, 7) is 2.75. The van der Waals surface area contributed by atoms with E-state index in [2.05, 4.69) is 43.0 Å². The molecule has 200 valence electrons. The number of ketones is 1. The molecule has 0 fully saturated rings. The number of H-pyrrole nitrogens is 1. The SMILES string of the molecule is COc1cc(Cc2cnc(N)nc2N)cc(C(=O)/C=C/N2CCc3ccccc3C2c2nc[nH]c2C)c1OC. The Morgan fingerprint density at radius 1 is 1.18 bits per heavy atom. The minimum absolute atomic E-state index is 0.105. The fourth-order valence-electron chi connectivity index (χ4n) is 5.05. The highest BCUT2D eigenvalue weighted by atomic mass is 16.5. The summed E-state index contributed by atoms with van der Waals surface area (Å²) in [4.78, 5) is 31.6. The van der Waals surface area contributed by atoms with Crippen molar-refractivity contribution in [3.63, 3.8) is 0 Å². The van der Waals surface area contributed by atoms with Crippen LogP contribution in [0.1, 0.15) is 50.0 Å². The molecule has 2 aromatic heterocycles. The summed E-state index contributed by atoms with van der Waals surface area (Å²) in [6.07, 6.45) is 7.97. The Kier molecular flexibility index (Phi) is 7.18. The van der Waals surface area contributed by atoms with Crippen LogP contribution >= 0.6 is 0 Å². The Morgan fingerprint density at radius 3 is 2.72 bits per heavy atom. The molecule has 10 heteroatoms. The topological polar surface area (TPSA) is 145 Å². The van der Waals surface area contributed by atoms with Crippen LogP contribution in [0, 0.1) is 6.92 Å². The molecule has 0 amide bonds. The lowest BCUT2D eigenvalue weighted by Crippen LogP contribution is -2.33. The van der Waals surface area contributed by atoms with Crippen LogP contribution in [0.5, 0.6) is 11.5 Å². The smallest absolute Gasteiger partial charge is 0.221 e. The van der Waals surface area contributed by atoms with Crippen LogP contribution < -0.4 is 20.9 Å². The quantitative estimate of drug-likeness (QED) is 0.232. The number of methoxy groups -OCH3 is 2. The number of hydrogen-bond acceptors (Lipinski definition) is 9. The number of carbonyl (C=O) groups is 1. The van der Waals surface area contributed by atoms with Crippen molar-refractivity contribution in [2.24, 2.45) is 0 Å². The van der Waals surface area contributed by atoms with Gasteiger partial charge in [0.25, 0.3) is 0 Å². The van der Waals surface area contributed by atoms with Crippen molar-refractivity contribution in [1.82, 2.24) is 24.8 Å². The molecule has 0 saturated heterocycles. The number of aromatic amines is 1. The molecular formula is C29H31N7O3. The first-order chi connectivity index (χ1) is 18.9.